The number of carbonyl (C=O) groups is 2. The Kier molecular flexibility index (Phi) is 5.53. The van der Waals surface area contributed by atoms with E-state index < -0.39 is 17.9 Å². The van der Waals surface area contributed by atoms with E-state index in [2.05, 4.69) is 0 Å². The Morgan fingerprint density at radius 2 is 1.87 bits per heavy atom. The number of ether oxygens (including phenoxy) is 1. The number of aromatic nitrogens is 2. The molecule has 7 heteroatoms. The van der Waals surface area contributed by atoms with Crippen LogP contribution < -0.4 is 4.90 Å². The number of hydrogen-bond acceptors (Lipinski definition) is 4. The molecule has 0 bridgehead atoms. The normalized spacial score (nSPS) is 18.5. The van der Waals surface area contributed by atoms with Crippen LogP contribution in [-0.4, -0.2) is 34.6 Å². The molecule has 0 spiro atoms. The number of hydrogen-bond donors (Lipinski definition) is 0. The Balaban J connectivity index is 1.97. The summed E-state index contributed by atoms with van der Waals surface area (Å²) < 4.78 is 20.8. The van der Waals surface area contributed by atoms with Crippen LogP contribution in [0.5, 0.6) is 0 Å². The van der Waals surface area contributed by atoms with Gasteiger partial charge in [0.05, 0.1) is 23.7 Å². The highest BCUT2D eigenvalue weighted by Crippen LogP contribution is 2.41. The van der Waals surface area contributed by atoms with Crippen molar-refractivity contribution in [2.45, 2.75) is 32.7 Å². The van der Waals surface area contributed by atoms with Gasteiger partial charge in [-0.1, -0.05) is 37.6 Å². The van der Waals surface area contributed by atoms with E-state index in [1.54, 1.807) is 24.0 Å². The van der Waals surface area contributed by atoms with Gasteiger partial charge in [0, 0.05) is 6.54 Å². The van der Waals surface area contributed by atoms with Gasteiger partial charge in [0.2, 0.25) is 11.9 Å². The Bertz CT molecular complexity index is 1080. The number of imidazole rings is 1. The van der Waals surface area contributed by atoms with Crippen LogP contribution in [0.25, 0.3) is 11.0 Å². The van der Waals surface area contributed by atoms with Crippen molar-refractivity contribution in [1.82, 2.24) is 9.55 Å². The lowest BCUT2D eigenvalue weighted by molar-refractivity contribution is -0.153. The highest BCUT2D eigenvalue weighted by atomic mass is 19.1. The van der Waals surface area contributed by atoms with Crippen molar-refractivity contribution in [1.29, 1.82) is 0 Å². The summed E-state index contributed by atoms with van der Waals surface area (Å²) in [6.45, 7) is 4.39. The lowest BCUT2D eigenvalue weighted by Gasteiger charge is -2.38. The van der Waals surface area contributed by atoms with Crippen LogP contribution in [-0.2, 0) is 14.3 Å². The fourth-order valence-corrected chi connectivity index (χ4v) is 4.04. The third-order valence-corrected chi connectivity index (χ3v) is 5.43. The molecule has 4 rings (SSSR count). The minimum absolute atomic E-state index is 0.172. The number of rotatable bonds is 6. The maximum Gasteiger partial charge on any atom is 0.321 e. The Labute approximate surface area is 174 Å². The number of amides is 1. The second kappa shape index (κ2) is 8.26. The quantitative estimate of drug-likeness (QED) is 0.454. The number of nitrogens with zero attached hydrogens (tertiary/aromatic N) is 3. The van der Waals surface area contributed by atoms with Crippen molar-refractivity contribution in [3.05, 3.63) is 59.9 Å². The second-order valence-electron chi connectivity index (χ2n) is 7.34. The summed E-state index contributed by atoms with van der Waals surface area (Å²) in [5.74, 6) is -1.86. The lowest BCUT2D eigenvalue weighted by Crippen LogP contribution is -2.50. The maximum atomic E-state index is 13.6. The minimum Gasteiger partial charge on any atom is -0.465 e. The predicted octanol–water partition coefficient (Wildman–Crippen LogP) is 4.09. The molecule has 0 radical (unpaired) electrons. The van der Waals surface area contributed by atoms with Crippen LogP contribution in [0.1, 0.15) is 38.3 Å². The van der Waals surface area contributed by atoms with Gasteiger partial charge in [0.1, 0.15) is 5.82 Å². The van der Waals surface area contributed by atoms with Gasteiger partial charge < -0.3 is 9.30 Å². The van der Waals surface area contributed by atoms with Gasteiger partial charge >= 0.3 is 5.97 Å². The molecule has 0 saturated heterocycles. The summed E-state index contributed by atoms with van der Waals surface area (Å²) in [7, 11) is 0. The van der Waals surface area contributed by atoms with Crippen LogP contribution in [0.15, 0.2) is 48.5 Å². The molecule has 1 aliphatic rings. The highest BCUT2D eigenvalue weighted by molar-refractivity contribution is 6.08. The molecular formula is C23H24FN3O3. The summed E-state index contributed by atoms with van der Waals surface area (Å²) in [6, 6.07) is 12.8. The van der Waals surface area contributed by atoms with Crippen LogP contribution >= 0.6 is 0 Å². The molecule has 0 fully saturated rings. The fourth-order valence-electron chi connectivity index (χ4n) is 4.04. The zero-order valence-electron chi connectivity index (χ0n) is 17.0. The number of unbranched alkanes of at least 4 members (excludes halogenated alkanes) is 1. The number of anilines is 1. The number of fused-ring (bicyclic) bond motifs is 3. The van der Waals surface area contributed by atoms with E-state index in [0.29, 0.717) is 18.1 Å². The van der Waals surface area contributed by atoms with Crippen LogP contribution in [0.2, 0.25) is 0 Å². The molecule has 2 aromatic carbocycles. The number of para-hydroxylation sites is 2. The highest BCUT2D eigenvalue weighted by Gasteiger charge is 2.47. The first kappa shape index (κ1) is 20.1. The van der Waals surface area contributed by atoms with Crippen molar-refractivity contribution in [2.75, 3.05) is 18.1 Å². The van der Waals surface area contributed by atoms with Crippen LogP contribution in [0, 0.1) is 11.7 Å². The van der Waals surface area contributed by atoms with E-state index in [4.69, 9.17) is 9.72 Å². The molecule has 0 N–H and O–H groups in total. The number of benzene rings is 2. The molecule has 2 heterocycles. The van der Waals surface area contributed by atoms with Crippen molar-refractivity contribution in [3.8, 4) is 0 Å². The zero-order chi connectivity index (χ0) is 21.3. The largest absolute Gasteiger partial charge is 0.465 e. The Hall–Kier alpha value is -3.22. The topological polar surface area (TPSA) is 64.4 Å². The Morgan fingerprint density at radius 1 is 1.13 bits per heavy atom. The molecule has 0 aliphatic carbocycles. The first-order chi connectivity index (χ1) is 14.6. The molecule has 156 valence electrons. The van der Waals surface area contributed by atoms with Gasteiger partial charge in [-0.2, -0.15) is 0 Å². The summed E-state index contributed by atoms with van der Waals surface area (Å²) >= 11 is 0. The number of halogens is 1. The average Bonchev–Trinajstić information content (AvgIpc) is 3.12. The third kappa shape index (κ3) is 3.34. The van der Waals surface area contributed by atoms with Crippen molar-refractivity contribution in [2.24, 2.45) is 5.92 Å². The van der Waals surface area contributed by atoms with E-state index in [0.717, 1.165) is 23.9 Å². The molecule has 1 aliphatic heterocycles. The molecule has 1 amide bonds. The Morgan fingerprint density at radius 3 is 2.57 bits per heavy atom. The standard InChI is InChI=1S/C23H24FN3O3/c1-3-5-14-26-21(28)19(22(29)30-4-2)20(15-10-12-16(24)13-11-15)27-18-9-7-6-8-17(18)25-23(26)27/h6-13,19-20H,3-5,14H2,1-2H3. The molecule has 30 heavy (non-hydrogen) atoms. The SMILES string of the molecule is CCCCN1C(=O)C(C(=O)OCC)C(c2ccc(F)cc2)n2c1nc1ccccc12. The smallest absolute Gasteiger partial charge is 0.321 e. The van der Waals surface area contributed by atoms with Gasteiger partial charge in [0.25, 0.3) is 0 Å². The number of esters is 1. The summed E-state index contributed by atoms with van der Waals surface area (Å²) in [5.41, 5.74) is 2.20. The second-order valence-corrected chi connectivity index (χ2v) is 7.34. The van der Waals surface area contributed by atoms with E-state index >= 15 is 0 Å². The van der Waals surface area contributed by atoms with Crippen LogP contribution in [0.3, 0.4) is 0 Å². The maximum absolute atomic E-state index is 13.6. The first-order valence-corrected chi connectivity index (χ1v) is 10.3. The molecule has 2 atom stereocenters. The van der Waals surface area contributed by atoms with Gasteiger partial charge in [-0.25, -0.2) is 9.37 Å². The van der Waals surface area contributed by atoms with Gasteiger partial charge in [-0.15, -0.1) is 0 Å². The molecule has 2 unspecified atom stereocenters. The minimum atomic E-state index is -1.07. The summed E-state index contributed by atoms with van der Waals surface area (Å²) in [4.78, 5) is 32.8. The zero-order valence-corrected chi connectivity index (χ0v) is 17.0. The van der Waals surface area contributed by atoms with Gasteiger partial charge in [-0.05, 0) is 43.2 Å². The van der Waals surface area contributed by atoms with Crippen molar-refractivity contribution in [3.63, 3.8) is 0 Å². The van der Waals surface area contributed by atoms with E-state index in [-0.39, 0.29) is 18.3 Å². The van der Waals surface area contributed by atoms with E-state index in [1.807, 2.05) is 35.8 Å². The molecular weight excluding hydrogens is 385 g/mol. The van der Waals surface area contributed by atoms with Crippen molar-refractivity contribution >= 4 is 28.9 Å². The first-order valence-electron chi connectivity index (χ1n) is 10.3. The van der Waals surface area contributed by atoms with Crippen LogP contribution in [0.4, 0.5) is 10.3 Å². The summed E-state index contributed by atoms with van der Waals surface area (Å²) in [6.07, 6.45) is 1.68. The molecule has 6 nitrogen and oxygen atoms in total. The van der Waals surface area contributed by atoms with Gasteiger partial charge in [0.15, 0.2) is 5.92 Å². The molecule has 3 aromatic rings. The average molecular weight is 409 g/mol. The van der Waals surface area contributed by atoms with Gasteiger partial charge in [-0.3, -0.25) is 14.5 Å². The fraction of sp³-hybridized carbons (Fsp3) is 0.348. The summed E-state index contributed by atoms with van der Waals surface area (Å²) in [5, 5.41) is 0. The molecule has 1 aromatic heterocycles. The predicted molar refractivity (Wildman–Crippen MR) is 112 cm³/mol. The molecule has 0 saturated carbocycles. The van der Waals surface area contributed by atoms with Crippen molar-refractivity contribution < 1.29 is 18.7 Å². The van der Waals surface area contributed by atoms with E-state index in [9.17, 15) is 14.0 Å². The van der Waals surface area contributed by atoms with E-state index in [1.165, 1.54) is 12.1 Å². The third-order valence-electron chi connectivity index (χ3n) is 5.43. The lowest BCUT2D eigenvalue weighted by atomic mass is 9.89. The number of carbonyl (C=O) groups excluding carboxylic acids is 2. The monoisotopic (exact) mass is 409 g/mol.